The van der Waals surface area contributed by atoms with Crippen LogP contribution in [-0.4, -0.2) is 37.3 Å². The fourth-order valence-electron chi connectivity index (χ4n) is 2.85. The number of rotatable bonds is 9. The molecular formula is C25H24N2O5S. The van der Waals surface area contributed by atoms with Crippen LogP contribution in [0.3, 0.4) is 0 Å². The van der Waals surface area contributed by atoms with Crippen molar-refractivity contribution in [1.82, 2.24) is 0 Å². The Kier molecular flexibility index (Phi) is 8.49. The summed E-state index contributed by atoms with van der Waals surface area (Å²) in [5, 5.41) is 5.63. The Morgan fingerprint density at radius 2 is 1.52 bits per heavy atom. The molecule has 33 heavy (non-hydrogen) atoms. The summed E-state index contributed by atoms with van der Waals surface area (Å²) in [5.74, 6) is 0.0356. The second kappa shape index (κ2) is 11.7. The van der Waals surface area contributed by atoms with Gasteiger partial charge in [0, 0.05) is 21.8 Å². The van der Waals surface area contributed by atoms with Gasteiger partial charge in [0.2, 0.25) is 5.91 Å². The lowest BCUT2D eigenvalue weighted by molar-refractivity contribution is -0.113. The minimum Gasteiger partial charge on any atom is -0.497 e. The molecule has 0 aliphatic rings. The number of esters is 1. The number of thioether (sulfide) groups is 1. The summed E-state index contributed by atoms with van der Waals surface area (Å²) in [7, 11) is 1.55. The minimum atomic E-state index is -0.394. The predicted octanol–water partition coefficient (Wildman–Crippen LogP) is 4.86. The van der Waals surface area contributed by atoms with Gasteiger partial charge in [0.15, 0.2) is 0 Å². The highest BCUT2D eigenvalue weighted by atomic mass is 32.2. The third-order valence-electron chi connectivity index (χ3n) is 4.49. The lowest BCUT2D eigenvalue weighted by Gasteiger charge is -2.08. The van der Waals surface area contributed by atoms with Gasteiger partial charge in [-0.1, -0.05) is 6.07 Å². The molecule has 0 radical (unpaired) electrons. The molecule has 0 heterocycles. The van der Waals surface area contributed by atoms with E-state index >= 15 is 0 Å². The summed E-state index contributed by atoms with van der Waals surface area (Å²) >= 11 is 1.38. The van der Waals surface area contributed by atoms with E-state index in [1.807, 2.05) is 12.1 Å². The first-order valence-electron chi connectivity index (χ1n) is 10.2. The highest BCUT2D eigenvalue weighted by Crippen LogP contribution is 2.22. The number of methoxy groups -OCH3 is 1. The van der Waals surface area contributed by atoms with Crippen molar-refractivity contribution in [2.45, 2.75) is 11.8 Å². The third kappa shape index (κ3) is 7.11. The monoisotopic (exact) mass is 464 g/mol. The van der Waals surface area contributed by atoms with Gasteiger partial charge < -0.3 is 20.1 Å². The smallest absolute Gasteiger partial charge is 0.338 e. The van der Waals surface area contributed by atoms with Crippen LogP contribution in [0.2, 0.25) is 0 Å². The summed E-state index contributed by atoms with van der Waals surface area (Å²) in [6.45, 7) is 2.06. The Morgan fingerprint density at radius 1 is 0.848 bits per heavy atom. The van der Waals surface area contributed by atoms with Gasteiger partial charge in [0.1, 0.15) is 5.75 Å². The second-order valence-electron chi connectivity index (χ2n) is 6.85. The molecule has 3 rings (SSSR count). The SMILES string of the molecule is CCOC(=O)c1ccc(NC(=O)CSc2ccc(NC(=O)c3cccc(OC)c3)cc2)cc1. The van der Waals surface area contributed by atoms with Crippen LogP contribution in [-0.2, 0) is 9.53 Å². The summed E-state index contributed by atoms with van der Waals surface area (Å²) < 4.78 is 10.1. The number of benzene rings is 3. The molecule has 0 saturated heterocycles. The standard InChI is InChI=1S/C25H24N2O5S/c1-3-32-25(30)17-7-9-19(10-8-17)26-23(28)16-33-22-13-11-20(12-14-22)27-24(29)18-5-4-6-21(15-18)31-2/h4-15H,3,16H2,1-2H3,(H,26,28)(H,27,29). The third-order valence-corrected chi connectivity index (χ3v) is 5.51. The quantitative estimate of drug-likeness (QED) is 0.347. The van der Waals surface area contributed by atoms with E-state index in [0.29, 0.717) is 34.9 Å². The van der Waals surface area contributed by atoms with Gasteiger partial charge in [-0.3, -0.25) is 9.59 Å². The van der Waals surface area contributed by atoms with Crippen LogP contribution in [0, 0.1) is 0 Å². The first-order chi connectivity index (χ1) is 16.0. The molecule has 2 amide bonds. The summed E-state index contributed by atoms with van der Waals surface area (Å²) in [4.78, 5) is 37.2. The van der Waals surface area contributed by atoms with Gasteiger partial charge in [-0.15, -0.1) is 11.8 Å². The Balaban J connectivity index is 1.48. The molecular weight excluding hydrogens is 440 g/mol. The molecule has 3 aromatic rings. The van der Waals surface area contributed by atoms with E-state index < -0.39 is 5.97 Å². The van der Waals surface area contributed by atoms with E-state index in [9.17, 15) is 14.4 Å². The normalized spacial score (nSPS) is 10.2. The zero-order valence-electron chi connectivity index (χ0n) is 18.3. The molecule has 0 atom stereocenters. The molecule has 0 unspecified atom stereocenters. The molecule has 2 N–H and O–H groups in total. The van der Waals surface area contributed by atoms with Gasteiger partial charge in [-0.25, -0.2) is 4.79 Å². The fourth-order valence-corrected chi connectivity index (χ4v) is 3.55. The fraction of sp³-hybridized carbons (Fsp3) is 0.160. The Bertz CT molecular complexity index is 1110. The Hall–Kier alpha value is -3.78. The molecule has 0 bridgehead atoms. The maximum atomic E-state index is 12.4. The summed E-state index contributed by atoms with van der Waals surface area (Å²) in [5.41, 5.74) is 2.19. The van der Waals surface area contributed by atoms with Crippen LogP contribution in [0.15, 0.2) is 77.7 Å². The van der Waals surface area contributed by atoms with Gasteiger partial charge in [0.25, 0.3) is 5.91 Å². The number of carbonyl (C=O) groups excluding carboxylic acids is 3. The van der Waals surface area contributed by atoms with Crippen molar-refractivity contribution >= 4 is 40.9 Å². The van der Waals surface area contributed by atoms with Crippen molar-refractivity contribution in [2.75, 3.05) is 30.1 Å². The number of amides is 2. The van der Waals surface area contributed by atoms with Crippen LogP contribution in [0.1, 0.15) is 27.6 Å². The molecule has 0 spiro atoms. The van der Waals surface area contributed by atoms with Crippen molar-refractivity contribution in [2.24, 2.45) is 0 Å². The van der Waals surface area contributed by atoms with Crippen molar-refractivity contribution in [1.29, 1.82) is 0 Å². The number of hydrogen-bond donors (Lipinski definition) is 2. The minimum absolute atomic E-state index is 0.167. The largest absolute Gasteiger partial charge is 0.497 e. The summed E-state index contributed by atoms with van der Waals surface area (Å²) in [6.07, 6.45) is 0. The Labute approximate surface area is 196 Å². The van der Waals surface area contributed by atoms with Crippen molar-refractivity contribution in [3.8, 4) is 5.75 Å². The molecule has 0 aliphatic carbocycles. The number of carbonyl (C=O) groups is 3. The molecule has 8 heteroatoms. The van der Waals surface area contributed by atoms with Gasteiger partial charge in [-0.05, 0) is 73.7 Å². The lowest BCUT2D eigenvalue weighted by Crippen LogP contribution is -2.14. The topological polar surface area (TPSA) is 93.7 Å². The molecule has 0 aliphatic heterocycles. The molecule has 3 aromatic carbocycles. The van der Waals surface area contributed by atoms with Crippen LogP contribution >= 0.6 is 11.8 Å². The van der Waals surface area contributed by atoms with E-state index in [-0.39, 0.29) is 17.6 Å². The number of nitrogens with one attached hydrogen (secondary N) is 2. The number of ether oxygens (including phenoxy) is 2. The van der Waals surface area contributed by atoms with Gasteiger partial charge >= 0.3 is 5.97 Å². The number of anilines is 2. The molecule has 7 nitrogen and oxygen atoms in total. The van der Waals surface area contributed by atoms with Crippen LogP contribution in [0.5, 0.6) is 5.75 Å². The molecule has 0 aromatic heterocycles. The Morgan fingerprint density at radius 3 is 2.18 bits per heavy atom. The first kappa shape index (κ1) is 23.9. The molecule has 0 saturated carbocycles. The predicted molar refractivity (Wildman–Crippen MR) is 129 cm³/mol. The van der Waals surface area contributed by atoms with Crippen molar-refractivity contribution in [3.63, 3.8) is 0 Å². The molecule has 170 valence electrons. The van der Waals surface area contributed by atoms with E-state index in [0.717, 1.165) is 4.90 Å². The van der Waals surface area contributed by atoms with Gasteiger partial charge in [0.05, 0.1) is 25.0 Å². The zero-order chi connectivity index (χ0) is 23.6. The average Bonchev–Trinajstić information content (AvgIpc) is 2.84. The van der Waals surface area contributed by atoms with E-state index in [4.69, 9.17) is 9.47 Å². The molecule has 0 fully saturated rings. The van der Waals surface area contributed by atoms with E-state index in [1.54, 1.807) is 74.7 Å². The maximum absolute atomic E-state index is 12.4. The highest BCUT2D eigenvalue weighted by molar-refractivity contribution is 8.00. The zero-order valence-corrected chi connectivity index (χ0v) is 19.1. The highest BCUT2D eigenvalue weighted by Gasteiger charge is 2.09. The van der Waals surface area contributed by atoms with Crippen LogP contribution < -0.4 is 15.4 Å². The first-order valence-corrected chi connectivity index (χ1v) is 11.2. The maximum Gasteiger partial charge on any atom is 0.338 e. The van der Waals surface area contributed by atoms with E-state index in [2.05, 4.69) is 10.6 Å². The lowest BCUT2D eigenvalue weighted by atomic mass is 10.2. The number of hydrogen-bond acceptors (Lipinski definition) is 6. The van der Waals surface area contributed by atoms with Crippen molar-refractivity contribution < 1.29 is 23.9 Å². The second-order valence-corrected chi connectivity index (χ2v) is 7.89. The van der Waals surface area contributed by atoms with Gasteiger partial charge in [-0.2, -0.15) is 0 Å². The average molecular weight is 465 g/mol. The van der Waals surface area contributed by atoms with Crippen molar-refractivity contribution in [3.05, 3.63) is 83.9 Å². The van der Waals surface area contributed by atoms with E-state index in [1.165, 1.54) is 11.8 Å². The van der Waals surface area contributed by atoms with Crippen LogP contribution in [0.4, 0.5) is 11.4 Å². The van der Waals surface area contributed by atoms with Crippen LogP contribution in [0.25, 0.3) is 0 Å². The summed E-state index contributed by atoms with van der Waals surface area (Å²) in [6, 6.07) is 20.7.